The molecule has 1 N–H and O–H groups in total. The van der Waals surface area contributed by atoms with Crippen molar-refractivity contribution in [3.05, 3.63) is 59.4 Å². The smallest absolute Gasteiger partial charge is 0.256 e. The lowest BCUT2D eigenvalue weighted by Crippen LogP contribution is -2.35. The number of carbonyl (C=O) groups is 2. The van der Waals surface area contributed by atoms with E-state index in [4.69, 9.17) is 0 Å². The molecule has 0 saturated carbocycles. The van der Waals surface area contributed by atoms with Crippen LogP contribution >= 0.6 is 0 Å². The van der Waals surface area contributed by atoms with Crippen LogP contribution in [0.15, 0.2) is 42.5 Å². The van der Waals surface area contributed by atoms with Gasteiger partial charge < -0.3 is 5.32 Å². The van der Waals surface area contributed by atoms with Crippen molar-refractivity contribution in [2.24, 2.45) is 0 Å². The summed E-state index contributed by atoms with van der Waals surface area (Å²) in [7, 11) is 0. The quantitative estimate of drug-likeness (QED) is 0.886. The molecule has 0 aromatic heterocycles. The minimum absolute atomic E-state index is 0.00669. The summed E-state index contributed by atoms with van der Waals surface area (Å²) in [4.78, 5) is 25.6. The molecule has 1 saturated heterocycles. The maximum Gasteiger partial charge on any atom is 0.256 e. The molecule has 1 atom stereocenters. The Labute approximate surface area is 133 Å². The Morgan fingerprint density at radius 2 is 1.74 bits per heavy atom. The molecular formula is C18H17FN2O2. The van der Waals surface area contributed by atoms with E-state index in [1.54, 1.807) is 6.07 Å². The van der Waals surface area contributed by atoms with E-state index in [1.807, 2.05) is 32.0 Å². The molecule has 1 aliphatic rings. The Morgan fingerprint density at radius 3 is 2.39 bits per heavy atom. The van der Waals surface area contributed by atoms with Crippen LogP contribution in [0, 0.1) is 19.7 Å². The number of carbonyl (C=O) groups excluding carboxylic acids is 2. The van der Waals surface area contributed by atoms with Crippen molar-refractivity contribution < 1.29 is 14.0 Å². The van der Waals surface area contributed by atoms with Crippen LogP contribution in [0.4, 0.5) is 15.8 Å². The fraction of sp³-hybridized carbons (Fsp3) is 0.222. The number of hydrogen-bond donors (Lipinski definition) is 1. The van der Waals surface area contributed by atoms with Crippen molar-refractivity contribution >= 4 is 23.2 Å². The number of para-hydroxylation sites is 1. The van der Waals surface area contributed by atoms with Crippen LogP contribution in [0.25, 0.3) is 0 Å². The highest BCUT2D eigenvalue weighted by molar-refractivity contribution is 6.23. The highest BCUT2D eigenvalue weighted by Crippen LogP contribution is 2.27. The number of halogens is 1. The number of rotatable bonds is 3. The molecular weight excluding hydrogens is 295 g/mol. The van der Waals surface area contributed by atoms with Gasteiger partial charge >= 0.3 is 0 Å². The van der Waals surface area contributed by atoms with E-state index in [0.717, 1.165) is 21.7 Å². The minimum atomic E-state index is -0.677. The molecule has 0 aliphatic carbocycles. The van der Waals surface area contributed by atoms with Gasteiger partial charge in [-0.3, -0.25) is 9.59 Å². The van der Waals surface area contributed by atoms with Gasteiger partial charge in [0.1, 0.15) is 11.9 Å². The number of amides is 2. The number of aryl methyl sites for hydroxylation is 2. The molecule has 1 fully saturated rings. The summed E-state index contributed by atoms with van der Waals surface area (Å²) in [6.07, 6.45) is 0.0140. The van der Waals surface area contributed by atoms with Gasteiger partial charge in [-0.1, -0.05) is 18.2 Å². The topological polar surface area (TPSA) is 49.4 Å². The first-order valence-electron chi connectivity index (χ1n) is 7.42. The van der Waals surface area contributed by atoms with E-state index in [2.05, 4.69) is 5.32 Å². The van der Waals surface area contributed by atoms with Crippen LogP contribution < -0.4 is 10.2 Å². The molecule has 2 aromatic carbocycles. The molecule has 2 amide bonds. The zero-order valence-electron chi connectivity index (χ0n) is 13.0. The van der Waals surface area contributed by atoms with Gasteiger partial charge in [0.2, 0.25) is 5.91 Å². The second-order valence-corrected chi connectivity index (χ2v) is 5.80. The number of nitrogens with one attached hydrogen (secondary N) is 1. The maximum absolute atomic E-state index is 13.9. The molecule has 118 valence electrons. The SMILES string of the molecule is Cc1cc(C)cc(N[C@@H]2CC(=O)N(c3ccccc3F)C2=O)c1. The first-order valence-corrected chi connectivity index (χ1v) is 7.42. The summed E-state index contributed by atoms with van der Waals surface area (Å²) in [6, 6.07) is 11.0. The van der Waals surface area contributed by atoms with Gasteiger partial charge in [0, 0.05) is 5.69 Å². The van der Waals surface area contributed by atoms with E-state index < -0.39 is 23.7 Å². The van der Waals surface area contributed by atoms with Gasteiger partial charge in [0.15, 0.2) is 0 Å². The Bertz CT molecular complexity index is 768. The first-order chi connectivity index (χ1) is 11.0. The molecule has 0 radical (unpaired) electrons. The average Bonchev–Trinajstić information content (AvgIpc) is 2.73. The molecule has 0 bridgehead atoms. The molecule has 0 unspecified atom stereocenters. The maximum atomic E-state index is 13.9. The van der Waals surface area contributed by atoms with Gasteiger partial charge in [0.05, 0.1) is 12.1 Å². The Kier molecular flexibility index (Phi) is 3.86. The van der Waals surface area contributed by atoms with Crippen molar-refractivity contribution in [3.8, 4) is 0 Å². The van der Waals surface area contributed by atoms with E-state index in [1.165, 1.54) is 18.2 Å². The Balaban J connectivity index is 1.85. The van der Waals surface area contributed by atoms with Crippen LogP contribution in [-0.4, -0.2) is 17.9 Å². The summed E-state index contributed by atoms with van der Waals surface area (Å²) < 4.78 is 13.9. The van der Waals surface area contributed by atoms with Crippen molar-refractivity contribution in [1.29, 1.82) is 0 Å². The lowest BCUT2D eigenvalue weighted by molar-refractivity contribution is -0.121. The van der Waals surface area contributed by atoms with Crippen LogP contribution in [-0.2, 0) is 9.59 Å². The van der Waals surface area contributed by atoms with Gasteiger partial charge in [-0.25, -0.2) is 9.29 Å². The third-order valence-corrected chi connectivity index (χ3v) is 3.80. The van der Waals surface area contributed by atoms with E-state index in [0.29, 0.717) is 0 Å². The van der Waals surface area contributed by atoms with Crippen molar-refractivity contribution in [2.75, 3.05) is 10.2 Å². The van der Waals surface area contributed by atoms with Crippen LogP contribution in [0.2, 0.25) is 0 Å². The van der Waals surface area contributed by atoms with Gasteiger partial charge in [0.25, 0.3) is 5.91 Å². The second kappa shape index (κ2) is 5.83. The normalized spacial score (nSPS) is 17.7. The van der Waals surface area contributed by atoms with Crippen LogP contribution in [0.3, 0.4) is 0 Å². The molecule has 1 heterocycles. The second-order valence-electron chi connectivity index (χ2n) is 5.80. The van der Waals surface area contributed by atoms with Crippen molar-refractivity contribution in [1.82, 2.24) is 0 Å². The molecule has 3 rings (SSSR count). The molecule has 23 heavy (non-hydrogen) atoms. The average molecular weight is 312 g/mol. The van der Waals surface area contributed by atoms with Gasteiger partial charge in [-0.05, 0) is 49.2 Å². The first kappa shape index (κ1) is 15.2. The summed E-state index contributed by atoms with van der Waals surface area (Å²) in [5.74, 6) is -1.41. The molecule has 2 aromatic rings. The number of imide groups is 1. The minimum Gasteiger partial charge on any atom is -0.373 e. The third kappa shape index (κ3) is 2.95. The lowest BCUT2D eigenvalue weighted by Gasteiger charge is -2.17. The van der Waals surface area contributed by atoms with Crippen molar-refractivity contribution in [3.63, 3.8) is 0 Å². The lowest BCUT2D eigenvalue weighted by atomic mass is 10.1. The molecule has 5 heteroatoms. The Hall–Kier alpha value is -2.69. The molecule has 0 spiro atoms. The fourth-order valence-corrected chi connectivity index (χ4v) is 2.89. The summed E-state index contributed by atoms with van der Waals surface area (Å²) in [6.45, 7) is 3.93. The fourth-order valence-electron chi connectivity index (χ4n) is 2.89. The largest absolute Gasteiger partial charge is 0.373 e. The predicted molar refractivity (Wildman–Crippen MR) is 86.8 cm³/mol. The van der Waals surface area contributed by atoms with E-state index in [9.17, 15) is 14.0 Å². The Morgan fingerprint density at radius 1 is 1.09 bits per heavy atom. The van der Waals surface area contributed by atoms with Gasteiger partial charge in [-0.15, -0.1) is 0 Å². The highest BCUT2D eigenvalue weighted by atomic mass is 19.1. The zero-order valence-corrected chi connectivity index (χ0v) is 13.0. The zero-order chi connectivity index (χ0) is 16.6. The third-order valence-electron chi connectivity index (χ3n) is 3.80. The highest BCUT2D eigenvalue weighted by Gasteiger charge is 2.40. The standard InChI is InChI=1S/C18H17FN2O2/c1-11-7-12(2)9-13(8-11)20-15-10-17(22)21(18(15)23)16-6-4-3-5-14(16)19/h3-9,15,20H,10H2,1-2H3/t15-/m1/s1. The monoisotopic (exact) mass is 312 g/mol. The molecule has 4 nitrogen and oxygen atoms in total. The number of anilines is 2. The summed E-state index contributed by atoms with van der Waals surface area (Å²) >= 11 is 0. The van der Waals surface area contributed by atoms with E-state index in [-0.39, 0.29) is 12.1 Å². The van der Waals surface area contributed by atoms with Gasteiger partial charge in [-0.2, -0.15) is 0 Å². The van der Waals surface area contributed by atoms with Crippen LogP contribution in [0.1, 0.15) is 17.5 Å². The predicted octanol–water partition coefficient (Wildman–Crippen LogP) is 3.19. The molecule has 1 aliphatic heterocycles. The number of benzene rings is 2. The summed E-state index contributed by atoms with van der Waals surface area (Å²) in [5.41, 5.74) is 2.92. The van der Waals surface area contributed by atoms with Crippen molar-refractivity contribution in [2.45, 2.75) is 26.3 Å². The summed E-state index contributed by atoms with van der Waals surface area (Å²) in [5, 5.41) is 3.09. The number of nitrogens with zero attached hydrogens (tertiary/aromatic N) is 1. The van der Waals surface area contributed by atoms with Crippen LogP contribution in [0.5, 0.6) is 0 Å². The van der Waals surface area contributed by atoms with E-state index >= 15 is 0 Å². The number of hydrogen-bond acceptors (Lipinski definition) is 3.